The first-order valence-corrected chi connectivity index (χ1v) is 10.0. The van der Waals surface area contributed by atoms with Gasteiger partial charge in [0.25, 0.3) is 0 Å². The van der Waals surface area contributed by atoms with Crippen LogP contribution in [0.15, 0.2) is 54.6 Å². The molecule has 3 fully saturated rings. The smallest absolute Gasteiger partial charge is 0.337 e. The molecule has 0 unspecified atom stereocenters. The number of carbonyl (C=O) groups is 2. The minimum Gasteiger partial charge on any atom is -0.465 e. The molecule has 2 aromatic rings. The number of hydrogen-bond acceptors (Lipinski definition) is 5. The van der Waals surface area contributed by atoms with Crippen LogP contribution in [-0.4, -0.2) is 53.7 Å². The molecule has 1 amide bonds. The molecule has 0 N–H and O–H groups in total. The first kappa shape index (κ1) is 18.3. The first-order chi connectivity index (χ1) is 14.1. The third-order valence-corrected chi connectivity index (χ3v) is 6.48. The Labute approximate surface area is 170 Å². The van der Waals surface area contributed by atoms with E-state index in [1.165, 1.54) is 7.11 Å². The maximum absolute atomic E-state index is 13.0. The third-order valence-electron chi connectivity index (χ3n) is 6.48. The number of benzene rings is 2. The largest absolute Gasteiger partial charge is 0.465 e. The van der Waals surface area contributed by atoms with Crippen LogP contribution < -0.4 is 0 Å². The molecule has 0 aromatic heterocycles. The molecule has 3 aliphatic rings. The van der Waals surface area contributed by atoms with Gasteiger partial charge in [-0.1, -0.05) is 42.5 Å². The lowest BCUT2D eigenvalue weighted by molar-refractivity contribution is -0.138. The Kier molecular flexibility index (Phi) is 4.41. The van der Waals surface area contributed by atoms with Crippen LogP contribution in [0.25, 0.3) is 0 Å². The van der Waals surface area contributed by atoms with E-state index in [1.807, 2.05) is 41.3 Å². The molecular weight excluding hydrogens is 368 g/mol. The van der Waals surface area contributed by atoms with E-state index >= 15 is 0 Å². The van der Waals surface area contributed by atoms with E-state index in [1.54, 1.807) is 6.07 Å². The number of ether oxygens (including phenoxy) is 2. The van der Waals surface area contributed by atoms with E-state index in [0.717, 1.165) is 24.1 Å². The minimum atomic E-state index is -0.530. The number of likely N-dealkylation sites (tertiary alicyclic amines) is 1. The number of esters is 1. The molecule has 3 heterocycles. The molecule has 1 spiro atoms. The van der Waals surface area contributed by atoms with Gasteiger partial charge in [-0.15, -0.1) is 0 Å². The predicted molar refractivity (Wildman–Crippen MR) is 106 cm³/mol. The van der Waals surface area contributed by atoms with Gasteiger partial charge in [0.1, 0.15) is 0 Å². The molecule has 3 atom stereocenters. The van der Waals surface area contributed by atoms with Gasteiger partial charge in [-0.05, 0) is 23.3 Å². The summed E-state index contributed by atoms with van der Waals surface area (Å²) >= 11 is 0. The van der Waals surface area contributed by atoms with Crippen LogP contribution in [0.3, 0.4) is 0 Å². The maximum atomic E-state index is 13.0. The number of methoxy groups -OCH3 is 1. The summed E-state index contributed by atoms with van der Waals surface area (Å²) in [4.78, 5) is 29.1. The van der Waals surface area contributed by atoms with Gasteiger partial charge in [0.2, 0.25) is 5.91 Å². The molecule has 6 nitrogen and oxygen atoms in total. The second kappa shape index (κ2) is 6.97. The van der Waals surface area contributed by atoms with E-state index in [2.05, 4.69) is 17.0 Å². The van der Waals surface area contributed by atoms with E-state index < -0.39 is 5.72 Å². The summed E-state index contributed by atoms with van der Waals surface area (Å²) in [5.41, 5.74) is 2.18. The van der Waals surface area contributed by atoms with Crippen LogP contribution in [-0.2, 0) is 20.8 Å². The molecule has 29 heavy (non-hydrogen) atoms. The van der Waals surface area contributed by atoms with Crippen LogP contribution in [0.5, 0.6) is 0 Å². The Hall–Kier alpha value is -2.70. The van der Waals surface area contributed by atoms with Crippen molar-refractivity contribution in [3.8, 4) is 0 Å². The van der Waals surface area contributed by atoms with Gasteiger partial charge in [0.05, 0.1) is 31.4 Å². The summed E-state index contributed by atoms with van der Waals surface area (Å²) in [5.74, 6) is -0.175. The van der Waals surface area contributed by atoms with E-state index in [0.29, 0.717) is 25.1 Å². The monoisotopic (exact) mass is 392 g/mol. The maximum Gasteiger partial charge on any atom is 0.337 e. The minimum absolute atomic E-state index is 0.0173. The zero-order valence-corrected chi connectivity index (χ0v) is 16.4. The molecule has 0 saturated carbocycles. The summed E-state index contributed by atoms with van der Waals surface area (Å²) in [5, 5.41) is 0. The van der Waals surface area contributed by atoms with Crippen molar-refractivity contribution in [2.45, 2.75) is 37.2 Å². The van der Waals surface area contributed by atoms with Crippen molar-refractivity contribution in [3.05, 3.63) is 71.3 Å². The summed E-state index contributed by atoms with van der Waals surface area (Å²) in [6.45, 7) is 2.08. The zero-order chi connectivity index (χ0) is 20.0. The Balaban J connectivity index is 1.38. The van der Waals surface area contributed by atoms with Gasteiger partial charge >= 0.3 is 5.97 Å². The second-order valence-electron chi connectivity index (χ2n) is 7.98. The number of carbonyl (C=O) groups excluding carboxylic acids is 2. The predicted octanol–water partition coefficient (Wildman–Crippen LogP) is 2.75. The normalized spacial score (nSPS) is 28.4. The second-order valence-corrected chi connectivity index (χ2v) is 7.98. The van der Waals surface area contributed by atoms with Crippen molar-refractivity contribution in [1.29, 1.82) is 0 Å². The van der Waals surface area contributed by atoms with Crippen LogP contribution in [0.2, 0.25) is 0 Å². The van der Waals surface area contributed by atoms with Gasteiger partial charge < -0.3 is 14.4 Å². The fourth-order valence-corrected chi connectivity index (χ4v) is 5.19. The lowest BCUT2D eigenvalue weighted by Crippen LogP contribution is -2.48. The molecule has 0 aliphatic carbocycles. The SMILES string of the molecule is COC(=O)c1cccc(CN2CC[C@@]34OC[C@@H](c5ccccc5)N3C(=O)C[C@@H]24)c1. The number of rotatable bonds is 4. The molecule has 3 aliphatic heterocycles. The van der Waals surface area contributed by atoms with Crippen molar-refractivity contribution in [1.82, 2.24) is 9.80 Å². The third kappa shape index (κ3) is 2.86. The Bertz CT molecular complexity index is 947. The lowest BCUT2D eigenvalue weighted by atomic mass is 10.0. The standard InChI is InChI=1S/C23H24N2O4/c1-28-22(27)18-9-5-6-16(12-18)14-24-11-10-23-20(24)13-21(26)25(23)19(15-29-23)17-7-3-2-4-8-17/h2-9,12,19-20H,10-11,13-15H2,1H3/t19-,20+,23-/m0/s1. The quantitative estimate of drug-likeness (QED) is 0.749. The van der Waals surface area contributed by atoms with Gasteiger partial charge in [-0.2, -0.15) is 0 Å². The van der Waals surface area contributed by atoms with Gasteiger partial charge in [0.15, 0.2) is 5.72 Å². The molecule has 5 rings (SSSR count). The number of hydrogen-bond donors (Lipinski definition) is 0. The average molecular weight is 392 g/mol. The van der Waals surface area contributed by atoms with Crippen LogP contribution in [0, 0.1) is 0 Å². The summed E-state index contributed by atoms with van der Waals surface area (Å²) in [6.07, 6.45) is 1.28. The molecule has 3 saturated heterocycles. The van der Waals surface area contributed by atoms with E-state index in [-0.39, 0.29) is 24.0 Å². The molecule has 0 radical (unpaired) electrons. The average Bonchev–Trinajstić information content (AvgIpc) is 3.38. The van der Waals surface area contributed by atoms with Crippen molar-refractivity contribution in [2.24, 2.45) is 0 Å². The highest BCUT2D eigenvalue weighted by molar-refractivity contribution is 5.89. The van der Waals surface area contributed by atoms with Gasteiger partial charge in [-0.25, -0.2) is 4.79 Å². The Morgan fingerprint density at radius 1 is 1.21 bits per heavy atom. The molecular formula is C23H24N2O4. The van der Waals surface area contributed by atoms with Crippen LogP contribution in [0.1, 0.15) is 40.4 Å². The van der Waals surface area contributed by atoms with Crippen molar-refractivity contribution >= 4 is 11.9 Å². The van der Waals surface area contributed by atoms with E-state index in [4.69, 9.17) is 9.47 Å². The fraction of sp³-hybridized carbons (Fsp3) is 0.391. The topological polar surface area (TPSA) is 59.1 Å². The van der Waals surface area contributed by atoms with Crippen molar-refractivity contribution in [2.75, 3.05) is 20.3 Å². The van der Waals surface area contributed by atoms with E-state index in [9.17, 15) is 9.59 Å². The Morgan fingerprint density at radius 2 is 2.03 bits per heavy atom. The van der Waals surface area contributed by atoms with Crippen molar-refractivity contribution in [3.63, 3.8) is 0 Å². The van der Waals surface area contributed by atoms with Crippen LogP contribution in [0.4, 0.5) is 0 Å². The van der Waals surface area contributed by atoms with Crippen LogP contribution >= 0.6 is 0 Å². The van der Waals surface area contributed by atoms with Crippen molar-refractivity contribution < 1.29 is 19.1 Å². The highest BCUT2D eigenvalue weighted by atomic mass is 16.5. The van der Waals surface area contributed by atoms with Gasteiger partial charge in [0, 0.05) is 25.9 Å². The lowest BCUT2D eigenvalue weighted by Gasteiger charge is -2.33. The highest BCUT2D eigenvalue weighted by Gasteiger charge is 2.64. The summed E-state index contributed by atoms with van der Waals surface area (Å²) < 4.78 is 11.2. The molecule has 150 valence electrons. The molecule has 0 bridgehead atoms. The first-order valence-electron chi connectivity index (χ1n) is 10.0. The fourth-order valence-electron chi connectivity index (χ4n) is 5.19. The Morgan fingerprint density at radius 3 is 2.83 bits per heavy atom. The molecule has 6 heteroatoms. The van der Waals surface area contributed by atoms with Gasteiger partial charge in [-0.3, -0.25) is 9.69 Å². The number of nitrogens with zero attached hydrogens (tertiary/aromatic N) is 2. The summed E-state index contributed by atoms with van der Waals surface area (Å²) in [6, 6.07) is 17.7. The number of amides is 1. The highest BCUT2D eigenvalue weighted by Crippen LogP contribution is 2.51. The molecule has 2 aromatic carbocycles. The zero-order valence-electron chi connectivity index (χ0n) is 16.4. The summed E-state index contributed by atoms with van der Waals surface area (Å²) in [7, 11) is 1.39.